The second-order valence-electron chi connectivity index (χ2n) is 9.01. The lowest BCUT2D eigenvalue weighted by Crippen LogP contribution is -2.38. The SMILES string of the molecule is Cc1ccc(S(=O)(=O)N2CCC(C)CC2)cc1C(=O)NCc1ccc(N2CCOCC2)cc1. The number of anilines is 1. The molecule has 2 aromatic rings. The van der Waals surface area contributed by atoms with Crippen LogP contribution in [0.1, 0.15) is 41.3 Å². The zero-order valence-corrected chi connectivity index (χ0v) is 20.2. The molecule has 178 valence electrons. The summed E-state index contributed by atoms with van der Waals surface area (Å²) in [6, 6.07) is 13.0. The quantitative estimate of drug-likeness (QED) is 0.700. The van der Waals surface area contributed by atoms with Gasteiger partial charge in [0.15, 0.2) is 0 Å². The highest BCUT2D eigenvalue weighted by atomic mass is 32.2. The zero-order valence-electron chi connectivity index (χ0n) is 19.4. The molecule has 0 atom stereocenters. The largest absolute Gasteiger partial charge is 0.378 e. The van der Waals surface area contributed by atoms with E-state index in [1.54, 1.807) is 12.1 Å². The van der Waals surface area contributed by atoms with Crippen molar-refractivity contribution >= 4 is 21.6 Å². The Bertz CT molecular complexity index is 1070. The van der Waals surface area contributed by atoms with E-state index in [-0.39, 0.29) is 10.8 Å². The summed E-state index contributed by atoms with van der Waals surface area (Å²) in [5.74, 6) is 0.271. The molecular formula is C25H33N3O4S. The van der Waals surface area contributed by atoms with Crippen molar-refractivity contribution in [3.05, 3.63) is 59.2 Å². The lowest BCUT2D eigenvalue weighted by atomic mass is 10.0. The second-order valence-corrected chi connectivity index (χ2v) is 10.9. The van der Waals surface area contributed by atoms with Crippen LogP contribution in [0.2, 0.25) is 0 Å². The molecule has 2 aromatic carbocycles. The van der Waals surface area contributed by atoms with Crippen LogP contribution in [0.25, 0.3) is 0 Å². The number of hydrogen-bond donors (Lipinski definition) is 1. The molecular weight excluding hydrogens is 438 g/mol. The minimum atomic E-state index is -3.60. The number of aryl methyl sites for hydroxylation is 1. The van der Waals surface area contributed by atoms with Gasteiger partial charge in [0, 0.05) is 44.0 Å². The van der Waals surface area contributed by atoms with Crippen LogP contribution in [0.3, 0.4) is 0 Å². The van der Waals surface area contributed by atoms with Gasteiger partial charge in [0.1, 0.15) is 0 Å². The maximum atomic E-state index is 13.1. The second kappa shape index (κ2) is 10.2. The van der Waals surface area contributed by atoms with Crippen LogP contribution in [0.15, 0.2) is 47.4 Å². The van der Waals surface area contributed by atoms with Gasteiger partial charge in [-0.05, 0) is 61.1 Å². The molecule has 2 aliphatic rings. The number of carbonyl (C=O) groups is 1. The number of morpholine rings is 1. The molecule has 0 unspecified atom stereocenters. The Labute approximate surface area is 196 Å². The summed E-state index contributed by atoms with van der Waals surface area (Å²) in [5.41, 5.74) is 3.28. The van der Waals surface area contributed by atoms with Crippen LogP contribution in [0.4, 0.5) is 5.69 Å². The van der Waals surface area contributed by atoms with E-state index in [1.807, 2.05) is 19.1 Å². The minimum Gasteiger partial charge on any atom is -0.378 e. The molecule has 2 saturated heterocycles. The molecule has 0 radical (unpaired) electrons. The average molecular weight is 472 g/mol. The molecule has 33 heavy (non-hydrogen) atoms. The molecule has 0 spiro atoms. The van der Waals surface area contributed by atoms with Crippen molar-refractivity contribution in [2.24, 2.45) is 5.92 Å². The van der Waals surface area contributed by atoms with Crippen LogP contribution < -0.4 is 10.2 Å². The van der Waals surface area contributed by atoms with Gasteiger partial charge >= 0.3 is 0 Å². The Morgan fingerprint density at radius 3 is 2.36 bits per heavy atom. The van der Waals surface area contributed by atoms with Gasteiger partial charge in [-0.2, -0.15) is 4.31 Å². The number of ether oxygens (including phenoxy) is 1. The Morgan fingerprint density at radius 1 is 1.03 bits per heavy atom. The first kappa shape index (κ1) is 23.7. The highest BCUT2D eigenvalue weighted by Crippen LogP contribution is 2.25. The van der Waals surface area contributed by atoms with Crippen LogP contribution in [0, 0.1) is 12.8 Å². The maximum absolute atomic E-state index is 13.1. The molecule has 1 amide bonds. The van der Waals surface area contributed by atoms with E-state index in [0.29, 0.717) is 31.1 Å². The number of piperidine rings is 1. The van der Waals surface area contributed by atoms with E-state index in [1.165, 1.54) is 10.4 Å². The van der Waals surface area contributed by atoms with Crippen LogP contribution in [-0.4, -0.2) is 58.0 Å². The van der Waals surface area contributed by atoms with Gasteiger partial charge in [0.05, 0.1) is 18.1 Å². The van der Waals surface area contributed by atoms with Gasteiger partial charge in [0.2, 0.25) is 10.0 Å². The Hall–Kier alpha value is -2.42. The summed E-state index contributed by atoms with van der Waals surface area (Å²) in [7, 11) is -3.60. The van der Waals surface area contributed by atoms with Crippen molar-refractivity contribution in [3.8, 4) is 0 Å². The summed E-state index contributed by atoms with van der Waals surface area (Å²) in [4.78, 5) is 15.4. The number of amides is 1. The molecule has 0 aliphatic carbocycles. The number of benzene rings is 2. The average Bonchev–Trinajstić information content (AvgIpc) is 2.84. The maximum Gasteiger partial charge on any atom is 0.251 e. The summed E-state index contributed by atoms with van der Waals surface area (Å²) >= 11 is 0. The van der Waals surface area contributed by atoms with Crippen molar-refractivity contribution in [2.45, 2.75) is 38.1 Å². The van der Waals surface area contributed by atoms with Gasteiger partial charge in [-0.25, -0.2) is 8.42 Å². The molecule has 0 saturated carbocycles. The molecule has 2 heterocycles. The standard InChI is InChI=1S/C25H33N3O4S/c1-19-9-11-28(12-10-19)33(30,31)23-8-3-20(2)24(17-23)25(29)26-18-21-4-6-22(7-5-21)27-13-15-32-16-14-27/h3-8,17,19H,9-16,18H2,1-2H3,(H,26,29). The van der Waals surface area contributed by atoms with Crippen LogP contribution >= 0.6 is 0 Å². The van der Waals surface area contributed by atoms with E-state index >= 15 is 0 Å². The van der Waals surface area contributed by atoms with Gasteiger partial charge < -0.3 is 15.0 Å². The summed E-state index contributed by atoms with van der Waals surface area (Å²) in [6.45, 7) is 8.64. The molecule has 4 rings (SSSR count). The predicted molar refractivity (Wildman–Crippen MR) is 129 cm³/mol. The number of hydrogen-bond acceptors (Lipinski definition) is 5. The molecule has 0 bridgehead atoms. The topological polar surface area (TPSA) is 79.0 Å². The van der Waals surface area contributed by atoms with E-state index in [0.717, 1.165) is 56.0 Å². The molecule has 7 nitrogen and oxygen atoms in total. The smallest absolute Gasteiger partial charge is 0.251 e. The third-order valence-electron chi connectivity index (χ3n) is 6.60. The predicted octanol–water partition coefficient (Wildman–Crippen LogP) is 3.18. The summed E-state index contributed by atoms with van der Waals surface area (Å²) < 4.78 is 33.1. The lowest BCUT2D eigenvalue weighted by molar-refractivity contribution is 0.0950. The third-order valence-corrected chi connectivity index (χ3v) is 8.49. The van der Waals surface area contributed by atoms with Gasteiger partial charge in [-0.15, -0.1) is 0 Å². The number of sulfonamides is 1. The highest BCUT2D eigenvalue weighted by Gasteiger charge is 2.29. The van der Waals surface area contributed by atoms with Crippen molar-refractivity contribution in [3.63, 3.8) is 0 Å². The lowest BCUT2D eigenvalue weighted by Gasteiger charge is -2.29. The van der Waals surface area contributed by atoms with Crippen LogP contribution in [-0.2, 0) is 21.3 Å². The first-order valence-corrected chi connectivity index (χ1v) is 13.1. The third kappa shape index (κ3) is 5.57. The normalized spacial score (nSPS) is 18.3. The zero-order chi connectivity index (χ0) is 23.4. The molecule has 0 aromatic heterocycles. The molecule has 2 aliphatic heterocycles. The van der Waals surface area contributed by atoms with Crippen molar-refractivity contribution in [1.29, 1.82) is 0 Å². The Balaban J connectivity index is 1.42. The monoisotopic (exact) mass is 471 g/mol. The molecule has 1 N–H and O–H groups in total. The fourth-order valence-electron chi connectivity index (χ4n) is 4.30. The van der Waals surface area contributed by atoms with E-state index in [4.69, 9.17) is 4.74 Å². The minimum absolute atomic E-state index is 0.183. The highest BCUT2D eigenvalue weighted by molar-refractivity contribution is 7.89. The van der Waals surface area contributed by atoms with Gasteiger partial charge in [-0.1, -0.05) is 25.1 Å². The van der Waals surface area contributed by atoms with E-state index in [9.17, 15) is 13.2 Å². The molecule has 8 heteroatoms. The number of nitrogens with one attached hydrogen (secondary N) is 1. The summed E-state index contributed by atoms with van der Waals surface area (Å²) in [6.07, 6.45) is 1.73. The number of rotatable bonds is 6. The first-order valence-electron chi connectivity index (χ1n) is 11.7. The Kier molecular flexibility index (Phi) is 7.36. The first-order chi connectivity index (χ1) is 15.8. The van der Waals surface area contributed by atoms with E-state index in [2.05, 4.69) is 29.3 Å². The number of carbonyl (C=O) groups excluding carboxylic acids is 1. The molecule has 2 fully saturated rings. The van der Waals surface area contributed by atoms with Crippen molar-refractivity contribution < 1.29 is 17.9 Å². The summed E-state index contributed by atoms with van der Waals surface area (Å²) in [5, 5.41) is 2.94. The Morgan fingerprint density at radius 2 is 1.70 bits per heavy atom. The fourth-order valence-corrected chi connectivity index (χ4v) is 5.80. The van der Waals surface area contributed by atoms with E-state index < -0.39 is 10.0 Å². The van der Waals surface area contributed by atoms with Crippen molar-refractivity contribution in [1.82, 2.24) is 9.62 Å². The van der Waals surface area contributed by atoms with Gasteiger partial charge in [-0.3, -0.25) is 4.79 Å². The van der Waals surface area contributed by atoms with Crippen LogP contribution in [0.5, 0.6) is 0 Å². The number of nitrogens with zero attached hydrogens (tertiary/aromatic N) is 2. The van der Waals surface area contributed by atoms with Gasteiger partial charge in [0.25, 0.3) is 5.91 Å². The van der Waals surface area contributed by atoms with Crippen molar-refractivity contribution in [2.75, 3.05) is 44.3 Å². The fraction of sp³-hybridized carbons (Fsp3) is 0.480.